The van der Waals surface area contributed by atoms with E-state index in [4.69, 9.17) is 0 Å². The molecule has 1 N–H and O–H groups in total. The Morgan fingerprint density at radius 3 is 2.71 bits per heavy atom. The fourth-order valence-electron chi connectivity index (χ4n) is 1.44. The van der Waals surface area contributed by atoms with E-state index in [1.54, 1.807) is 13.1 Å². The highest BCUT2D eigenvalue weighted by molar-refractivity contribution is 5.39. The molecule has 1 aromatic carbocycles. The zero-order valence-corrected chi connectivity index (χ0v) is 9.24. The summed E-state index contributed by atoms with van der Waals surface area (Å²) in [6, 6.07) is 3.36. The molecule has 2 rings (SSSR count). The standard InChI is InChI=1S/C12H11F2N3/c1-8-12(16-5-4-15-8)17-7-9-6-10(13)2-3-11(9)14/h2-6H,7H2,1H3,(H,16,17). The van der Waals surface area contributed by atoms with Crippen molar-refractivity contribution in [1.29, 1.82) is 0 Å². The molecule has 0 saturated carbocycles. The van der Waals surface area contributed by atoms with Crippen molar-refractivity contribution in [2.45, 2.75) is 13.5 Å². The Morgan fingerprint density at radius 1 is 1.18 bits per heavy atom. The molecule has 0 bridgehead atoms. The molecule has 0 aliphatic rings. The third-order valence-corrected chi connectivity index (χ3v) is 2.34. The summed E-state index contributed by atoms with van der Waals surface area (Å²) >= 11 is 0. The lowest BCUT2D eigenvalue weighted by Crippen LogP contribution is -2.05. The summed E-state index contributed by atoms with van der Waals surface area (Å²) in [5.74, 6) is -0.337. The molecule has 1 heterocycles. The number of anilines is 1. The zero-order valence-electron chi connectivity index (χ0n) is 9.24. The second-order valence-corrected chi connectivity index (χ2v) is 3.58. The minimum atomic E-state index is -0.459. The minimum absolute atomic E-state index is 0.170. The van der Waals surface area contributed by atoms with Gasteiger partial charge in [0.2, 0.25) is 0 Å². The van der Waals surface area contributed by atoms with Crippen molar-refractivity contribution in [1.82, 2.24) is 9.97 Å². The normalized spacial score (nSPS) is 10.3. The molecule has 1 aromatic heterocycles. The number of hydrogen-bond donors (Lipinski definition) is 1. The first-order valence-electron chi connectivity index (χ1n) is 5.12. The predicted octanol–water partition coefficient (Wildman–Crippen LogP) is 2.68. The van der Waals surface area contributed by atoms with E-state index in [0.717, 1.165) is 18.2 Å². The molecule has 2 aromatic rings. The Balaban J connectivity index is 2.12. The van der Waals surface area contributed by atoms with E-state index < -0.39 is 11.6 Å². The van der Waals surface area contributed by atoms with E-state index in [2.05, 4.69) is 15.3 Å². The van der Waals surface area contributed by atoms with Crippen molar-refractivity contribution in [3.8, 4) is 0 Å². The summed E-state index contributed by atoms with van der Waals surface area (Å²) in [4.78, 5) is 8.09. The number of benzene rings is 1. The Hall–Kier alpha value is -2.04. The first-order valence-corrected chi connectivity index (χ1v) is 5.12. The van der Waals surface area contributed by atoms with Crippen molar-refractivity contribution >= 4 is 5.82 Å². The lowest BCUT2D eigenvalue weighted by molar-refractivity contribution is 0.587. The van der Waals surface area contributed by atoms with Gasteiger partial charge in [0.15, 0.2) is 0 Å². The van der Waals surface area contributed by atoms with E-state index in [1.165, 1.54) is 6.20 Å². The maximum Gasteiger partial charge on any atom is 0.147 e. The maximum absolute atomic E-state index is 13.3. The Kier molecular flexibility index (Phi) is 3.27. The molecule has 5 heteroatoms. The summed E-state index contributed by atoms with van der Waals surface area (Å²) < 4.78 is 26.3. The van der Waals surface area contributed by atoms with Crippen LogP contribution in [0, 0.1) is 18.6 Å². The van der Waals surface area contributed by atoms with Crippen LogP contribution in [-0.2, 0) is 6.54 Å². The van der Waals surface area contributed by atoms with Crippen LogP contribution in [0.3, 0.4) is 0 Å². The van der Waals surface area contributed by atoms with E-state index >= 15 is 0 Å². The topological polar surface area (TPSA) is 37.8 Å². The van der Waals surface area contributed by atoms with Crippen molar-refractivity contribution in [3.63, 3.8) is 0 Å². The number of aryl methyl sites for hydroxylation is 1. The number of aromatic nitrogens is 2. The fraction of sp³-hybridized carbons (Fsp3) is 0.167. The Bertz CT molecular complexity index is 529. The highest BCUT2D eigenvalue weighted by Crippen LogP contribution is 2.13. The molecule has 0 fully saturated rings. The molecule has 17 heavy (non-hydrogen) atoms. The number of rotatable bonds is 3. The zero-order chi connectivity index (χ0) is 12.3. The molecular formula is C12H11F2N3. The fourth-order valence-corrected chi connectivity index (χ4v) is 1.44. The van der Waals surface area contributed by atoms with Crippen LogP contribution in [0.15, 0.2) is 30.6 Å². The third-order valence-electron chi connectivity index (χ3n) is 2.34. The molecule has 0 aliphatic heterocycles. The predicted molar refractivity (Wildman–Crippen MR) is 60.5 cm³/mol. The van der Waals surface area contributed by atoms with Crippen molar-refractivity contribution in [2.75, 3.05) is 5.32 Å². The maximum atomic E-state index is 13.3. The van der Waals surface area contributed by atoms with Crippen LogP contribution >= 0.6 is 0 Å². The van der Waals surface area contributed by atoms with Crippen LogP contribution in [-0.4, -0.2) is 9.97 Å². The third kappa shape index (κ3) is 2.75. The van der Waals surface area contributed by atoms with Gasteiger partial charge in [-0.15, -0.1) is 0 Å². The van der Waals surface area contributed by atoms with Gasteiger partial charge in [0.25, 0.3) is 0 Å². The van der Waals surface area contributed by atoms with E-state index in [-0.39, 0.29) is 12.1 Å². The molecule has 0 atom stereocenters. The summed E-state index contributed by atoms with van der Waals surface area (Å²) in [5, 5.41) is 2.92. The quantitative estimate of drug-likeness (QED) is 0.888. The second-order valence-electron chi connectivity index (χ2n) is 3.58. The molecule has 0 unspecified atom stereocenters. The van der Waals surface area contributed by atoms with Gasteiger partial charge in [-0.3, -0.25) is 4.98 Å². The first kappa shape index (κ1) is 11.4. The van der Waals surface area contributed by atoms with Crippen molar-refractivity contribution < 1.29 is 8.78 Å². The molecule has 0 amide bonds. The second kappa shape index (κ2) is 4.86. The Morgan fingerprint density at radius 2 is 1.94 bits per heavy atom. The highest BCUT2D eigenvalue weighted by atomic mass is 19.1. The van der Waals surface area contributed by atoms with Crippen LogP contribution in [0.1, 0.15) is 11.3 Å². The first-order chi connectivity index (χ1) is 8.16. The van der Waals surface area contributed by atoms with Crippen LogP contribution < -0.4 is 5.32 Å². The van der Waals surface area contributed by atoms with Gasteiger partial charge in [0.1, 0.15) is 17.5 Å². The van der Waals surface area contributed by atoms with Gasteiger partial charge in [-0.2, -0.15) is 0 Å². The summed E-state index contributed by atoms with van der Waals surface area (Å²) in [7, 11) is 0. The van der Waals surface area contributed by atoms with Gasteiger partial charge < -0.3 is 5.32 Å². The molecule has 3 nitrogen and oxygen atoms in total. The number of halogens is 2. The van der Waals surface area contributed by atoms with Crippen LogP contribution in [0.25, 0.3) is 0 Å². The molecule has 0 aliphatic carbocycles. The minimum Gasteiger partial charge on any atom is -0.364 e. The Labute approximate surface area is 97.5 Å². The molecule has 88 valence electrons. The van der Waals surface area contributed by atoms with Crippen LogP contribution in [0.2, 0.25) is 0 Å². The average molecular weight is 235 g/mol. The smallest absolute Gasteiger partial charge is 0.147 e. The SMILES string of the molecule is Cc1nccnc1NCc1cc(F)ccc1F. The number of nitrogens with one attached hydrogen (secondary N) is 1. The van der Waals surface area contributed by atoms with Gasteiger partial charge in [-0.25, -0.2) is 13.8 Å². The average Bonchev–Trinajstić information content (AvgIpc) is 2.32. The van der Waals surface area contributed by atoms with Crippen LogP contribution in [0.4, 0.5) is 14.6 Å². The van der Waals surface area contributed by atoms with Gasteiger partial charge in [-0.1, -0.05) is 0 Å². The number of nitrogens with zero attached hydrogens (tertiary/aromatic N) is 2. The van der Waals surface area contributed by atoms with Gasteiger partial charge in [0.05, 0.1) is 5.69 Å². The van der Waals surface area contributed by atoms with Gasteiger partial charge >= 0.3 is 0 Å². The van der Waals surface area contributed by atoms with Crippen molar-refractivity contribution in [2.24, 2.45) is 0 Å². The summed E-state index contributed by atoms with van der Waals surface area (Å²) in [5.41, 5.74) is 0.972. The summed E-state index contributed by atoms with van der Waals surface area (Å²) in [6.07, 6.45) is 3.11. The van der Waals surface area contributed by atoms with E-state index in [9.17, 15) is 8.78 Å². The molecular weight excluding hydrogens is 224 g/mol. The van der Waals surface area contributed by atoms with Crippen molar-refractivity contribution in [3.05, 3.63) is 53.5 Å². The molecule has 0 spiro atoms. The largest absolute Gasteiger partial charge is 0.364 e. The number of hydrogen-bond acceptors (Lipinski definition) is 3. The van der Waals surface area contributed by atoms with E-state index in [0.29, 0.717) is 11.5 Å². The summed E-state index contributed by atoms with van der Waals surface area (Å²) in [6.45, 7) is 1.96. The van der Waals surface area contributed by atoms with Gasteiger partial charge in [-0.05, 0) is 25.1 Å². The molecule has 0 radical (unpaired) electrons. The van der Waals surface area contributed by atoms with E-state index in [1.807, 2.05) is 0 Å². The molecule has 0 saturated heterocycles. The lowest BCUT2D eigenvalue weighted by atomic mass is 10.2. The van der Waals surface area contributed by atoms with Gasteiger partial charge in [0, 0.05) is 24.5 Å². The monoisotopic (exact) mass is 235 g/mol. The lowest BCUT2D eigenvalue weighted by Gasteiger charge is -2.08. The van der Waals surface area contributed by atoms with Crippen LogP contribution in [0.5, 0.6) is 0 Å². The highest BCUT2D eigenvalue weighted by Gasteiger charge is 2.05.